The number of para-hydroxylation sites is 4. The maximum absolute atomic E-state index is 3.71. The van der Waals surface area contributed by atoms with Gasteiger partial charge in [0.05, 0.1) is 0 Å². The first kappa shape index (κ1) is 48.1. The first-order valence-electron chi connectivity index (χ1n) is 25.6. The molecule has 2 heteroatoms. The number of hydrogen-bond donors (Lipinski definition) is 0. The zero-order valence-corrected chi connectivity index (χ0v) is 42.4. The molecule has 0 radical (unpaired) electrons. The van der Waals surface area contributed by atoms with E-state index in [0.717, 1.165) is 31.3 Å². The Labute approximate surface area is 424 Å². The summed E-state index contributed by atoms with van der Waals surface area (Å²) in [6.45, 7) is 16.4. The van der Waals surface area contributed by atoms with Crippen LogP contribution in [0.15, 0.2) is 218 Å². The zero-order valence-electron chi connectivity index (χ0n) is 42.4. The van der Waals surface area contributed by atoms with E-state index in [4.69, 9.17) is 0 Å². The third-order valence-corrected chi connectivity index (χ3v) is 14.2. The highest BCUT2D eigenvalue weighted by Gasteiger charge is 2.40. The fraction of sp³-hybridized carbons (Fsp3) is 0.159. The number of anilines is 6. The van der Waals surface area contributed by atoms with Crippen LogP contribution >= 0.6 is 0 Å². The van der Waals surface area contributed by atoms with Gasteiger partial charge < -0.3 is 9.80 Å². The average Bonchev–Trinajstić information content (AvgIpc) is 3.70. The molecule has 0 amide bonds. The van der Waals surface area contributed by atoms with Crippen molar-refractivity contribution in [2.75, 3.05) is 9.80 Å². The molecule has 0 aromatic heterocycles. The van der Waals surface area contributed by atoms with Crippen LogP contribution in [0.5, 0.6) is 0 Å². The predicted octanol–water partition coefficient (Wildman–Crippen LogP) is 19.6. The SMILES string of the molecule is C=C(C)/C=C\C=C/C.CC.CCC1(CC)c2cc(/C=C/c3ccc(N4c5ccccc5Cc5ccccc54)cc3)ccc2-c2ccc(/C=C/c3ccc(N4c5ccccc5Cc5ccccc54)cc3)cc21. The van der Waals surface area contributed by atoms with E-state index in [1.807, 2.05) is 52.0 Å². The summed E-state index contributed by atoms with van der Waals surface area (Å²) < 4.78 is 0. The van der Waals surface area contributed by atoms with E-state index >= 15 is 0 Å². The van der Waals surface area contributed by atoms with Gasteiger partial charge in [-0.15, -0.1) is 0 Å². The molecule has 0 saturated carbocycles. The number of benzene rings is 8. The quantitative estimate of drug-likeness (QED) is 0.0996. The standard InChI is InChI=1S/C59H48N2.C8H12.C2H6/c1-3-59(4-2)53-37-43(23-21-41-25-31-49(32-26-41)60-55-17-9-5-13-45(55)39-46-14-6-10-18-56(46)60)29-35-51(53)52-36-30-44(38-54(52)59)24-22-42-27-33-50(34-28-42)61-57-19-11-7-15-47(57)40-48-16-8-12-20-58(48)61;1-4-5-6-7-8(2)3;1-2/h5-38H,3-4,39-40H2,1-2H3;4-7H,2H2,1,3H3;1-2H3/b23-21+,24-22+;5-4-,7-6-;. The van der Waals surface area contributed by atoms with E-state index < -0.39 is 0 Å². The second kappa shape index (κ2) is 21.8. The van der Waals surface area contributed by atoms with Crippen LogP contribution in [0.25, 0.3) is 35.4 Å². The fourth-order valence-corrected chi connectivity index (χ4v) is 10.7. The molecule has 0 N–H and O–H groups in total. The highest BCUT2D eigenvalue weighted by atomic mass is 15.2. The van der Waals surface area contributed by atoms with Crippen molar-refractivity contribution in [3.8, 4) is 11.1 Å². The molecule has 71 heavy (non-hydrogen) atoms. The largest absolute Gasteiger partial charge is 0.310 e. The average molecular weight is 923 g/mol. The smallest absolute Gasteiger partial charge is 0.0497 e. The molecule has 0 bridgehead atoms. The van der Waals surface area contributed by atoms with Crippen molar-refractivity contribution in [2.24, 2.45) is 0 Å². The maximum Gasteiger partial charge on any atom is 0.0497 e. The van der Waals surface area contributed by atoms with E-state index in [9.17, 15) is 0 Å². The molecule has 11 rings (SSSR count). The van der Waals surface area contributed by atoms with Crippen LogP contribution in [-0.4, -0.2) is 0 Å². The van der Waals surface area contributed by atoms with Gasteiger partial charge in [0.25, 0.3) is 0 Å². The van der Waals surface area contributed by atoms with Crippen LogP contribution in [0, 0.1) is 0 Å². The van der Waals surface area contributed by atoms with E-state index in [2.05, 4.69) is 237 Å². The van der Waals surface area contributed by atoms with Crippen molar-refractivity contribution in [3.05, 3.63) is 274 Å². The van der Waals surface area contributed by atoms with Gasteiger partial charge in [-0.1, -0.05) is 222 Å². The van der Waals surface area contributed by atoms with Gasteiger partial charge in [-0.05, 0) is 142 Å². The van der Waals surface area contributed by atoms with Gasteiger partial charge in [0.1, 0.15) is 0 Å². The molecule has 2 aliphatic heterocycles. The number of hydrogen-bond acceptors (Lipinski definition) is 2. The highest BCUT2D eigenvalue weighted by molar-refractivity contribution is 5.88. The minimum atomic E-state index is -0.0241. The maximum atomic E-state index is 3.71. The summed E-state index contributed by atoms with van der Waals surface area (Å²) in [5, 5.41) is 0. The predicted molar refractivity (Wildman–Crippen MR) is 309 cm³/mol. The molecular formula is C69H66N2. The van der Waals surface area contributed by atoms with Crippen LogP contribution in [0.3, 0.4) is 0 Å². The fourth-order valence-electron chi connectivity index (χ4n) is 10.7. The lowest BCUT2D eigenvalue weighted by atomic mass is 9.73. The molecule has 2 heterocycles. The second-order valence-corrected chi connectivity index (χ2v) is 18.5. The lowest BCUT2D eigenvalue weighted by Gasteiger charge is -2.33. The number of allylic oxidation sites excluding steroid dienone is 5. The third kappa shape index (κ3) is 9.81. The highest BCUT2D eigenvalue weighted by Crippen LogP contribution is 2.53. The molecule has 1 aliphatic carbocycles. The van der Waals surface area contributed by atoms with Gasteiger partial charge in [0, 0.05) is 52.4 Å². The van der Waals surface area contributed by atoms with Crippen molar-refractivity contribution in [2.45, 2.75) is 72.6 Å². The molecule has 352 valence electrons. The Bertz CT molecular complexity index is 2990. The monoisotopic (exact) mass is 923 g/mol. The Balaban J connectivity index is 0.000000571. The summed E-state index contributed by atoms with van der Waals surface area (Å²) in [6.07, 6.45) is 21.0. The van der Waals surface area contributed by atoms with Crippen LogP contribution in [0.1, 0.15) is 110 Å². The van der Waals surface area contributed by atoms with Crippen molar-refractivity contribution < 1.29 is 0 Å². The minimum absolute atomic E-state index is 0.0241. The summed E-state index contributed by atoms with van der Waals surface area (Å²) in [6, 6.07) is 67.3. The molecule has 0 atom stereocenters. The molecule has 2 nitrogen and oxygen atoms in total. The van der Waals surface area contributed by atoms with Gasteiger partial charge in [0.15, 0.2) is 0 Å². The lowest BCUT2D eigenvalue weighted by molar-refractivity contribution is 0.490. The second-order valence-electron chi connectivity index (χ2n) is 18.5. The zero-order chi connectivity index (χ0) is 49.3. The molecule has 3 aliphatic rings. The number of nitrogens with zero attached hydrogens (tertiary/aromatic N) is 2. The third-order valence-electron chi connectivity index (χ3n) is 14.2. The molecule has 0 saturated heterocycles. The van der Waals surface area contributed by atoms with Gasteiger partial charge in [-0.3, -0.25) is 0 Å². The molecule has 8 aromatic carbocycles. The number of rotatable bonds is 10. The van der Waals surface area contributed by atoms with Crippen LogP contribution in [0.4, 0.5) is 34.1 Å². The molecule has 0 fully saturated rings. The van der Waals surface area contributed by atoms with Crippen LogP contribution in [-0.2, 0) is 18.3 Å². The van der Waals surface area contributed by atoms with Gasteiger partial charge in [0.2, 0.25) is 0 Å². The molecular weight excluding hydrogens is 857 g/mol. The summed E-state index contributed by atoms with van der Waals surface area (Å²) in [7, 11) is 0. The van der Waals surface area contributed by atoms with E-state index in [-0.39, 0.29) is 5.41 Å². The first-order valence-corrected chi connectivity index (χ1v) is 25.6. The van der Waals surface area contributed by atoms with Gasteiger partial charge in [-0.2, -0.15) is 0 Å². The summed E-state index contributed by atoms with van der Waals surface area (Å²) >= 11 is 0. The lowest BCUT2D eigenvalue weighted by Crippen LogP contribution is -2.23. The Morgan fingerprint density at radius 3 is 1.14 bits per heavy atom. The molecule has 0 spiro atoms. The van der Waals surface area contributed by atoms with Crippen molar-refractivity contribution in [3.63, 3.8) is 0 Å². The van der Waals surface area contributed by atoms with E-state index in [1.54, 1.807) is 0 Å². The summed E-state index contributed by atoms with van der Waals surface area (Å²) in [5.41, 5.74) is 24.4. The van der Waals surface area contributed by atoms with E-state index in [1.165, 1.54) is 101 Å². The number of fused-ring (bicyclic) bond motifs is 7. The Kier molecular flexibility index (Phi) is 14.8. The molecule has 8 aromatic rings. The Morgan fingerprint density at radius 1 is 0.465 bits per heavy atom. The van der Waals surface area contributed by atoms with Crippen molar-refractivity contribution in [1.29, 1.82) is 0 Å². The molecule has 0 unspecified atom stereocenters. The first-order chi connectivity index (χ1) is 34.9. The van der Waals surface area contributed by atoms with E-state index in [0.29, 0.717) is 0 Å². The van der Waals surface area contributed by atoms with Crippen LogP contribution in [0.2, 0.25) is 0 Å². The summed E-state index contributed by atoms with van der Waals surface area (Å²) in [4.78, 5) is 4.81. The Morgan fingerprint density at radius 2 is 0.803 bits per heavy atom. The van der Waals surface area contributed by atoms with Crippen molar-refractivity contribution >= 4 is 58.4 Å². The van der Waals surface area contributed by atoms with Gasteiger partial charge in [-0.25, -0.2) is 0 Å². The Hall–Kier alpha value is -7.94. The topological polar surface area (TPSA) is 6.48 Å². The van der Waals surface area contributed by atoms with Gasteiger partial charge >= 0.3 is 0 Å². The van der Waals surface area contributed by atoms with Crippen LogP contribution < -0.4 is 9.80 Å². The normalized spacial score (nSPS) is 13.7. The minimum Gasteiger partial charge on any atom is -0.310 e. The van der Waals surface area contributed by atoms with Crippen molar-refractivity contribution in [1.82, 2.24) is 0 Å². The summed E-state index contributed by atoms with van der Waals surface area (Å²) in [5.74, 6) is 0.